The Kier molecular flexibility index (Phi) is 6.50. The highest BCUT2D eigenvalue weighted by Crippen LogP contribution is 2.23. The van der Waals surface area contributed by atoms with E-state index in [1.54, 1.807) is 12.4 Å². The van der Waals surface area contributed by atoms with Crippen molar-refractivity contribution in [2.75, 3.05) is 6.61 Å². The predicted octanol–water partition coefficient (Wildman–Crippen LogP) is 1.07. The van der Waals surface area contributed by atoms with Gasteiger partial charge in [0.15, 0.2) is 0 Å². The second-order valence-electron chi connectivity index (χ2n) is 6.15. The monoisotopic (exact) mass is 387 g/mol. The summed E-state index contributed by atoms with van der Waals surface area (Å²) in [5.41, 5.74) is 4.16. The van der Waals surface area contributed by atoms with Gasteiger partial charge in [-0.25, -0.2) is 9.78 Å². The molecule has 0 fully saturated rings. The van der Waals surface area contributed by atoms with Crippen LogP contribution in [0.5, 0.6) is 0 Å². The van der Waals surface area contributed by atoms with Crippen molar-refractivity contribution in [2.24, 2.45) is 7.05 Å². The van der Waals surface area contributed by atoms with Crippen molar-refractivity contribution in [1.82, 2.24) is 24.4 Å². The van der Waals surface area contributed by atoms with Gasteiger partial charge >= 0.3 is 12.1 Å². The second-order valence-corrected chi connectivity index (χ2v) is 6.15. The van der Waals surface area contributed by atoms with Gasteiger partial charge in [-0.2, -0.15) is 13.2 Å². The number of imidazole rings is 1. The smallest absolute Gasteiger partial charge is 0.475 e. The SMILES string of the molecule is Cc1cncc(CN2Cc3ncn(C)c3CC2CO)n1.O=C(O)C(F)(F)F. The molecular weight excluding hydrogens is 367 g/mol. The Morgan fingerprint density at radius 2 is 2.04 bits per heavy atom. The number of aliphatic hydroxyl groups excluding tert-OH is 1. The van der Waals surface area contributed by atoms with Crippen LogP contribution in [-0.4, -0.2) is 59.4 Å². The van der Waals surface area contributed by atoms with Gasteiger partial charge in [-0.15, -0.1) is 0 Å². The summed E-state index contributed by atoms with van der Waals surface area (Å²) in [6.07, 6.45) is 1.12. The molecule has 0 aliphatic carbocycles. The van der Waals surface area contributed by atoms with E-state index in [4.69, 9.17) is 9.90 Å². The molecule has 0 amide bonds. The van der Waals surface area contributed by atoms with Gasteiger partial charge in [-0.3, -0.25) is 14.9 Å². The number of carboxylic acid groups (broad SMARTS) is 1. The molecule has 2 aromatic heterocycles. The number of fused-ring (bicyclic) bond motifs is 1. The minimum Gasteiger partial charge on any atom is -0.475 e. The third-order valence-electron chi connectivity index (χ3n) is 4.07. The highest BCUT2D eigenvalue weighted by atomic mass is 19.4. The number of aryl methyl sites for hydroxylation is 2. The zero-order chi connectivity index (χ0) is 20.2. The molecule has 8 nitrogen and oxygen atoms in total. The van der Waals surface area contributed by atoms with E-state index in [1.807, 2.05) is 24.9 Å². The molecule has 2 N–H and O–H groups in total. The first-order valence-corrected chi connectivity index (χ1v) is 8.03. The number of alkyl halides is 3. The number of hydrogen-bond acceptors (Lipinski definition) is 6. The van der Waals surface area contributed by atoms with Crippen LogP contribution in [0.25, 0.3) is 0 Å². The fraction of sp³-hybridized carbons (Fsp3) is 0.500. The summed E-state index contributed by atoms with van der Waals surface area (Å²) in [6, 6.07) is 0.111. The predicted molar refractivity (Wildman–Crippen MR) is 87.5 cm³/mol. The Bertz CT molecular complexity index is 794. The number of halogens is 3. The first-order chi connectivity index (χ1) is 12.6. The number of nitrogens with zero attached hydrogens (tertiary/aromatic N) is 5. The van der Waals surface area contributed by atoms with Crippen LogP contribution in [-0.2, 0) is 31.4 Å². The molecule has 3 heterocycles. The maximum atomic E-state index is 10.6. The summed E-state index contributed by atoms with van der Waals surface area (Å²) in [5, 5.41) is 16.8. The van der Waals surface area contributed by atoms with Gasteiger partial charge in [0.2, 0.25) is 0 Å². The summed E-state index contributed by atoms with van der Waals surface area (Å²) >= 11 is 0. The van der Waals surface area contributed by atoms with Crippen LogP contribution in [0.15, 0.2) is 18.7 Å². The van der Waals surface area contributed by atoms with E-state index in [0.29, 0.717) is 6.54 Å². The quantitative estimate of drug-likeness (QED) is 0.812. The Morgan fingerprint density at radius 3 is 2.59 bits per heavy atom. The zero-order valence-electron chi connectivity index (χ0n) is 14.8. The lowest BCUT2D eigenvalue weighted by molar-refractivity contribution is -0.192. The number of rotatable bonds is 3. The van der Waals surface area contributed by atoms with Crippen molar-refractivity contribution in [2.45, 2.75) is 38.7 Å². The third kappa shape index (κ3) is 5.47. The van der Waals surface area contributed by atoms with Gasteiger partial charge in [-0.1, -0.05) is 0 Å². The highest BCUT2D eigenvalue weighted by molar-refractivity contribution is 5.73. The fourth-order valence-electron chi connectivity index (χ4n) is 2.74. The molecule has 0 saturated heterocycles. The van der Waals surface area contributed by atoms with Gasteiger partial charge in [-0.05, 0) is 6.92 Å². The molecule has 0 spiro atoms. The summed E-state index contributed by atoms with van der Waals surface area (Å²) in [4.78, 5) is 24.2. The van der Waals surface area contributed by atoms with E-state index >= 15 is 0 Å². The van der Waals surface area contributed by atoms with Crippen LogP contribution in [0.3, 0.4) is 0 Å². The van der Waals surface area contributed by atoms with Crippen molar-refractivity contribution in [1.29, 1.82) is 0 Å². The van der Waals surface area contributed by atoms with Crippen molar-refractivity contribution in [3.8, 4) is 0 Å². The molecule has 2 aromatic rings. The molecular formula is C16H20F3N5O3. The van der Waals surface area contributed by atoms with E-state index in [0.717, 1.165) is 30.0 Å². The van der Waals surface area contributed by atoms with Crippen molar-refractivity contribution >= 4 is 5.97 Å². The van der Waals surface area contributed by atoms with Gasteiger partial charge in [0, 0.05) is 50.7 Å². The Hall–Kier alpha value is -2.53. The number of hydrogen-bond donors (Lipinski definition) is 2. The first-order valence-electron chi connectivity index (χ1n) is 8.03. The van der Waals surface area contributed by atoms with Crippen LogP contribution in [0.2, 0.25) is 0 Å². The summed E-state index contributed by atoms with van der Waals surface area (Å²) in [5.74, 6) is -2.76. The summed E-state index contributed by atoms with van der Waals surface area (Å²) in [6.45, 7) is 3.52. The standard InChI is InChI=1S/C14H19N5O.C2HF3O2/c1-10-4-15-5-11(17-10)6-19-7-13-14(3-12(19)8-20)18(2)9-16-13;3-2(4,5)1(6)7/h4-5,9,12,20H,3,6-8H2,1-2H3;(H,6,7). The number of aliphatic hydroxyl groups is 1. The van der Waals surface area contributed by atoms with E-state index in [1.165, 1.54) is 5.69 Å². The van der Waals surface area contributed by atoms with E-state index in [-0.39, 0.29) is 12.6 Å². The Balaban J connectivity index is 0.000000321. The molecule has 0 bridgehead atoms. The Labute approximate surface area is 153 Å². The van der Waals surface area contributed by atoms with E-state index in [2.05, 4.69) is 19.9 Å². The van der Waals surface area contributed by atoms with Gasteiger partial charge in [0.1, 0.15) is 0 Å². The van der Waals surface area contributed by atoms with Gasteiger partial charge in [0.05, 0.1) is 30.0 Å². The molecule has 3 rings (SSSR count). The lowest BCUT2D eigenvalue weighted by atomic mass is 10.0. The normalized spacial score (nSPS) is 17.0. The number of carbonyl (C=O) groups is 1. The lowest BCUT2D eigenvalue weighted by Gasteiger charge is -2.34. The summed E-state index contributed by atoms with van der Waals surface area (Å²) < 4.78 is 33.8. The molecule has 27 heavy (non-hydrogen) atoms. The molecule has 1 unspecified atom stereocenters. The number of aromatic nitrogens is 4. The number of carboxylic acids is 1. The van der Waals surface area contributed by atoms with Crippen LogP contribution in [0.4, 0.5) is 13.2 Å². The van der Waals surface area contributed by atoms with Crippen LogP contribution >= 0.6 is 0 Å². The minimum absolute atomic E-state index is 0.111. The van der Waals surface area contributed by atoms with Crippen LogP contribution < -0.4 is 0 Å². The molecule has 0 saturated carbocycles. The van der Waals surface area contributed by atoms with Crippen LogP contribution in [0, 0.1) is 6.92 Å². The second kappa shape index (κ2) is 8.44. The third-order valence-corrected chi connectivity index (χ3v) is 4.07. The maximum Gasteiger partial charge on any atom is 0.490 e. The van der Waals surface area contributed by atoms with Crippen molar-refractivity contribution < 1.29 is 28.2 Å². The van der Waals surface area contributed by atoms with E-state index < -0.39 is 12.1 Å². The van der Waals surface area contributed by atoms with Crippen LogP contribution in [0.1, 0.15) is 22.8 Å². The lowest BCUT2D eigenvalue weighted by Crippen LogP contribution is -2.42. The minimum atomic E-state index is -5.08. The van der Waals surface area contributed by atoms with Gasteiger partial charge < -0.3 is 14.8 Å². The molecule has 0 aromatic carbocycles. The Morgan fingerprint density at radius 1 is 1.37 bits per heavy atom. The van der Waals surface area contributed by atoms with E-state index in [9.17, 15) is 18.3 Å². The molecule has 1 aliphatic rings. The molecule has 1 aliphatic heterocycles. The van der Waals surface area contributed by atoms with Gasteiger partial charge in [0.25, 0.3) is 0 Å². The van der Waals surface area contributed by atoms with Crippen molar-refractivity contribution in [3.05, 3.63) is 41.5 Å². The van der Waals surface area contributed by atoms with Crippen molar-refractivity contribution in [3.63, 3.8) is 0 Å². The maximum absolute atomic E-state index is 10.6. The summed E-state index contributed by atoms with van der Waals surface area (Å²) in [7, 11) is 2.00. The molecule has 0 radical (unpaired) electrons. The zero-order valence-corrected chi connectivity index (χ0v) is 14.8. The molecule has 11 heteroatoms. The topological polar surface area (TPSA) is 104 Å². The highest BCUT2D eigenvalue weighted by Gasteiger charge is 2.38. The number of aliphatic carboxylic acids is 1. The molecule has 1 atom stereocenters. The fourth-order valence-corrected chi connectivity index (χ4v) is 2.74. The average molecular weight is 387 g/mol. The first kappa shape index (κ1) is 20.8. The average Bonchev–Trinajstić information content (AvgIpc) is 2.94. The largest absolute Gasteiger partial charge is 0.490 e. The molecule has 148 valence electrons.